The molecule has 1 heterocycles. The smallest absolute Gasteiger partial charge is 0.118 e. The van der Waals surface area contributed by atoms with Gasteiger partial charge in [0.1, 0.15) is 23.6 Å². The summed E-state index contributed by atoms with van der Waals surface area (Å²) in [6.45, 7) is 0. The number of nitrogens with zero attached hydrogens (tertiary/aromatic N) is 2. The molecule has 0 bridgehead atoms. The molecule has 1 saturated heterocycles. The minimum absolute atomic E-state index is 0.0206. The molecule has 4 aromatic rings. The third-order valence-corrected chi connectivity index (χ3v) is 7.61. The second-order valence-electron chi connectivity index (χ2n) is 9.33. The Bertz CT molecular complexity index is 1610. The van der Waals surface area contributed by atoms with Crippen LogP contribution in [0.5, 0.6) is 11.5 Å². The number of methoxy groups -OCH3 is 2. The molecule has 2 aliphatic rings. The molecule has 0 unspecified atom stereocenters. The zero-order valence-corrected chi connectivity index (χ0v) is 20.5. The zero-order valence-electron chi connectivity index (χ0n) is 20.5. The van der Waals surface area contributed by atoms with E-state index in [0.29, 0.717) is 11.1 Å². The number of nitriles is 2. The quantitative estimate of drug-likeness (QED) is 0.317. The molecule has 0 spiro atoms. The molecular formula is C32H24N2O3. The lowest BCUT2D eigenvalue weighted by molar-refractivity contribution is 0.0347. The largest absolute Gasteiger partial charge is 0.497 e. The van der Waals surface area contributed by atoms with Crippen molar-refractivity contribution in [1.82, 2.24) is 0 Å². The van der Waals surface area contributed by atoms with E-state index in [2.05, 4.69) is 18.2 Å². The fourth-order valence-corrected chi connectivity index (χ4v) is 5.91. The topological polar surface area (TPSA) is 75.3 Å². The van der Waals surface area contributed by atoms with E-state index in [1.165, 1.54) is 0 Å². The molecule has 0 N–H and O–H groups in total. The van der Waals surface area contributed by atoms with Crippen LogP contribution in [0.4, 0.5) is 0 Å². The first-order chi connectivity index (χ1) is 18.2. The SMILES string of the molecule is COc1ccc([C@H]2O[C@@H](c3ccc(OC)cc3)[C@H]3c4c(c(C#N)c5ccccc5c4C#N)C=C[C@H]32)cc1. The van der Waals surface area contributed by atoms with Gasteiger partial charge in [-0.05, 0) is 46.5 Å². The van der Waals surface area contributed by atoms with Crippen molar-refractivity contribution in [1.29, 1.82) is 10.5 Å². The Hall–Kier alpha value is -4.58. The fraction of sp³-hybridized carbons (Fsp3) is 0.188. The van der Waals surface area contributed by atoms with Gasteiger partial charge >= 0.3 is 0 Å². The van der Waals surface area contributed by atoms with Crippen LogP contribution in [-0.2, 0) is 4.74 Å². The summed E-state index contributed by atoms with van der Waals surface area (Å²) in [7, 11) is 3.30. The van der Waals surface area contributed by atoms with E-state index in [9.17, 15) is 10.5 Å². The summed E-state index contributed by atoms with van der Waals surface area (Å²) in [4.78, 5) is 0. The van der Waals surface area contributed by atoms with Crippen molar-refractivity contribution in [2.45, 2.75) is 18.1 Å². The van der Waals surface area contributed by atoms with Gasteiger partial charge in [0.2, 0.25) is 0 Å². The maximum atomic E-state index is 10.4. The molecule has 6 rings (SSSR count). The van der Waals surface area contributed by atoms with Gasteiger partial charge in [-0.1, -0.05) is 60.7 Å². The molecule has 0 radical (unpaired) electrons. The van der Waals surface area contributed by atoms with E-state index < -0.39 is 0 Å². The highest BCUT2D eigenvalue weighted by Crippen LogP contribution is 2.59. The number of fused-ring (bicyclic) bond motifs is 4. The summed E-state index contributed by atoms with van der Waals surface area (Å²) in [6, 6.07) is 28.4. The minimum Gasteiger partial charge on any atom is -0.497 e. The van der Waals surface area contributed by atoms with Crippen molar-refractivity contribution in [3.63, 3.8) is 0 Å². The Morgan fingerprint density at radius 2 is 1.24 bits per heavy atom. The molecule has 4 aromatic carbocycles. The number of benzene rings is 4. The van der Waals surface area contributed by atoms with Crippen LogP contribution in [0.15, 0.2) is 78.9 Å². The van der Waals surface area contributed by atoms with Crippen molar-refractivity contribution >= 4 is 16.8 Å². The molecule has 180 valence electrons. The second kappa shape index (κ2) is 9.13. The van der Waals surface area contributed by atoms with E-state index >= 15 is 0 Å². The Morgan fingerprint density at radius 1 is 0.703 bits per heavy atom. The van der Waals surface area contributed by atoms with Crippen LogP contribution < -0.4 is 9.47 Å². The molecule has 37 heavy (non-hydrogen) atoms. The Balaban J connectivity index is 1.59. The average Bonchev–Trinajstić information content (AvgIpc) is 3.35. The van der Waals surface area contributed by atoms with Crippen LogP contribution in [0.2, 0.25) is 0 Å². The van der Waals surface area contributed by atoms with Gasteiger partial charge in [-0.2, -0.15) is 10.5 Å². The summed E-state index contributed by atoms with van der Waals surface area (Å²) in [5.74, 6) is 1.38. The van der Waals surface area contributed by atoms with E-state index in [4.69, 9.17) is 14.2 Å². The van der Waals surface area contributed by atoms with Crippen LogP contribution in [0, 0.1) is 28.6 Å². The van der Waals surface area contributed by atoms with Gasteiger partial charge in [0, 0.05) is 22.6 Å². The number of hydrogen-bond donors (Lipinski definition) is 0. The lowest BCUT2D eigenvalue weighted by Gasteiger charge is -2.30. The molecular weight excluding hydrogens is 460 g/mol. The lowest BCUT2D eigenvalue weighted by atomic mass is 9.70. The third kappa shape index (κ3) is 3.56. The standard InChI is InChI=1S/C32H24N2O3/c1-35-21-11-7-19(8-12-21)31-26-16-15-25-27(17-33)23-5-3-4-6-24(23)28(18-34)29(25)30(26)32(37-31)20-9-13-22(36-2)14-10-20/h3-16,26,30-32H,1-2H3/t26-,30-,31-,32+/m1/s1. The molecule has 4 atom stereocenters. The number of ether oxygens (including phenoxy) is 3. The predicted octanol–water partition coefficient (Wildman–Crippen LogP) is 6.84. The van der Waals surface area contributed by atoms with Crippen LogP contribution in [0.1, 0.15) is 51.5 Å². The van der Waals surface area contributed by atoms with E-state index in [-0.39, 0.29) is 24.0 Å². The summed E-state index contributed by atoms with van der Waals surface area (Å²) in [5.41, 5.74) is 4.96. The average molecular weight is 485 g/mol. The van der Waals surface area contributed by atoms with Gasteiger partial charge in [0.25, 0.3) is 0 Å². The van der Waals surface area contributed by atoms with Gasteiger partial charge in [0.05, 0.1) is 37.6 Å². The van der Waals surface area contributed by atoms with Gasteiger partial charge in [0.15, 0.2) is 0 Å². The second-order valence-corrected chi connectivity index (χ2v) is 9.33. The van der Waals surface area contributed by atoms with E-state index in [1.807, 2.05) is 78.9 Å². The minimum atomic E-state index is -0.313. The zero-order chi connectivity index (χ0) is 25.5. The van der Waals surface area contributed by atoms with E-state index in [0.717, 1.165) is 44.5 Å². The Kier molecular flexibility index (Phi) is 5.64. The monoisotopic (exact) mass is 484 g/mol. The molecule has 0 aromatic heterocycles. The third-order valence-electron chi connectivity index (χ3n) is 7.61. The van der Waals surface area contributed by atoms with Crippen molar-refractivity contribution in [3.8, 4) is 23.6 Å². The summed E-state index contributed by atoms with van der Waals surface area (Å²) in [6.07, 6.45) is 3.63. The molecule has 1 aliphatic carbocycles. The molecule has 1 fully saturated rings. The van der Waals surface area contributed by atoms with Crippen LogP contribution in [-0.4, -0.2) is 14.2 Å². The van der Waals surface area contributed by atoms with Crippen molar-refractivity contribution in [2.75, 3.05) is 14.2 Å². The van der Waals surface area contributed by atoms with Crippen LogP contribution >= 0.6 is 0 Å². The normalized spacial score (nSPS) is 21.5. The fourth-order valence-electron chi connectivity index (χ4n) is 5.91. The molecule has 1 aliphatic heterocycles. The van der Waals surface area contributed by atoms with E-state index in [1.54, 1.807) is 14.2 Å². The van der Waals surface area contributed by atoms with Crippen molar-refractivity contribution in [3.05, 3.63) is 112 Å². The summed E-state index contributed by atoms with van der Waals surface area (Å²) >= 11 is 0. The van der Waals surface area contributed by atoms with Gasteiger partial charge in [-0.25, -0.2) is 0 Å². The van der Waals surface area contributed by atoms with Crippen LogP contribution in [0.3, 0.4) is 0 Å². The first kappa shape index (κ1) is 22.9. The predicted molar refractivity (Wildman–Crippen MR) is 141 cm³/mol. The number of hydrogen-bond acceptors (Lipinski definition) is 5. The molecule has 0 saturated carbocycles. The van der Waals surface area contributed by atoms with Crippen molar-refractivity contribution in [2.24, 2.45) is 5.92 Å². The summed E-state index contributed by atoms with van der Waals surface area (Å²) in [5, 5.41) is 22.2. The van der Waals surface area contributed by atoms with Gasteiger partial charge in [-0.15, -0.1) is 0 Å². The highest BCUT2D eigenvalue weighted by atomic mass is 16.5. The maximum Gasteiger partial charge on any atom is 0.118 e. The molecule has 5 nitrogen and oxygen atoms in total. The molecule has 0 amide bonds. The molecule has 5 heteroatoms. The Labute approximate surface area is 215 Å². The first-order valence-electron chi connectivity index (χ1n) is 12.2. The Morgan fingerprint density at radius 3 is 1.78 bits per heavy atom. The van der Waals surface area contributed by atoms with Crippen molar-refractivity contribution < 1.29 is 14.2 Å². The maximum absolute atomic E-state index is 10.4. The highest BCUT2D eigenvalue weighted by molar-refractivity contribution is 5.97. The first-order valence-corrected chi connectivity index (χ1v) is 12.2. The highest BCUT2D eigenvalue weighted by Gasteiger charge is 2.48. The van der Waals surface area contributed by atoms with Gasteiger partial charge in [-0.3, -0.25) is 0 Å². The summed E-state index contributed by atoms with van der Waals surface area (Å²) < 4.78 is 17.6. The van der Waals surface area contributed by atoms with Gasteiger partial charge < -0.3 is 14.2 Å². The lowest BCUT2D eigenvalue weighted by Crippen LogP contribution is -2.19. The van der Waals surface area contributed by atoms with Crippen LogP contribution in [0.25, 0.3) is 16.8 Å². The number of rotatable bonds is 4.